The average Bonchev–Trinajstić information content (AvgIpc) is 2.94. The van der Waals surface area contributed by atoms with Crippen LogP contribution in [0.3, 0.4) is 0 Å². The smallest absolute Gasteiger partial charge is 0.335 e. The van der Waals surface area contributed by atoms with E-state index >= 15 is 0 Å². The fraction of sp³-hybridized carbons (Fsp3) is 0.214. The molecule has 0 saturated carbocycles. The number of carboxylic acid groups (broad SMARTS) is 1. The van der Waals surface area contributed by atoms with Gasteiger partial charge in [0.2, 0.25) is 0 Å². The van der Waals surface area contributed by atoms with Crippen molar-refractivity contribution in [2.24, 2.45) is 7.05 Å². The van der Waals surface area contributed by atoms with Crippen molar-refractivity contribution < 1.29 is 9.90 Å². The standard InChI is InChI=1S/C14H14N4O2/c1-9-16-12-4-3-11(14(19)20)5-13(12)18(9)8-10-6-15-17(2)7-10/h3-7H,8H2,1-2H3,(H,19,20). The number of carbonyl (C=O) groups is 1. The molecule has 3 rings (SSSR count). The Morgan fingerprint density at radius 2 is 2.20 bits per heavy atom. The van der Waals surface area contributed by atoms with E-state index in [1.165, 1.54) is 0 Å². The molecule has 0 bridgehead atoms. The summed E-state index contributed by atoms with van der Waals surface area (Å²) in [6.45, 7) is 2.54. The van der Waals surface area contributed by atoms with Crippen LogP contribution in [0.1, 0.15) is 21.7 Å². The highest BCUT2D eigenvalue weighted by atomic mass is 16.4. The SMILES string of the molecule is Cc1nc2ccc(C(=O)O)cc2n1Cc1cnn(C)c1. The van der Waals surface area contributed by atoms with Gasteiger partial charge in [0.25, 0.3) is 0 Å². The Balaban J connectivity index is 2.10. The Bertz CT molecular complexity index is 801. The van der Waals surface area contributed by atoms with Gasteiger partial charge in [0.05, 0.1) is 29.3 Å². The molecule has 6 heteroatoms. The number of carboxylic acids is 1. The average molecular weight is 270 g/mol. The molecule has 0 aliphatic heterocycles. The molecule has 0 aliphatic carbocycles. The third-order valence-corrected chi connectivity index (χ3v) is 3.29. The molecule has 2 aromatic heterocycles. The second-order valence-electron chi connectivity index (χ2n) is 4.78. The van der Waals surface area contributed by atoms with Gasteiger partial charge < -0.3 is 9.67 Å². The number of nitrogens with zero attached hydrogens (tertiary/aromatic N) is 4. The van der Waals surface area contributed by atoms with Crippen LogP contribution in [0.25, 0.3) is 11.0 Å². The van der Waals surface area contributed by atoms with Gasteiger partial charge in [-0.1, -0.05) is 0 Å². The van der Waals surface area contributed by atoms with E-state index in [0.29, 0.717) is 6.54 Å². The second-order valence-corrected chi connectivity index (χ2v) is 4.78. The molecule has 1 aromatic carbocycles. The third-order valence-electron chi connectivity index (χ3n) is 3.29. The summed E-state index contributed by atoms with van der Waals surface area (Å²) in [6, 6.07) is 4.98. The van der Waals surface area contributed by atoms with Crippen molar-refractivity contribution in [3.8, 4) is 0 Å². The lowest BCUT2D eigenvalue weighted by molar-refractivity contribution is 0.0697. The summed E-state index contributed by atoms with van der Waals surface area (Å²) < 4.78 is 3.74. The van der Waals surface area contributed by atoms with Gasteiger partial charge in [-0.3, -0.25) is 4.68 Å². The Morgan fingerprint density at radius 1 is 1.40 bits per heavy atom. The summed E-state index contributed by atoms with van der Waals surface area (Å²) in [5.41, 5.74) is 2.95. The number of fused-ring (bicyclic) bond motifs is 1. The van der Waals surface area contributed by atoms with Crippen LogP contribution < -0.4 is 0 Å². The van der Waals surface area contributed by atoms with Gasteiger partial charge in [0.1, 0.15) is 5.82 Å². The minimum absolute atomic E-state index is 0.268. The van der Waals surface area contributed by atoms with Crippen LogP contribution in [-0.2, 0) is 13.6 Å². The largest absolute Gasteiger partial charge is 0.478 e. The molecule has 3 aromatic rings. The predicted octanol–water partition coefficient (Wildman–Crippen LogP) is 1.82. The fourth-order valence-corrected chi connectivity index (χ4v) is 2.31. The first-order chi connectivity index (χ1) is 9.54. The van der Waals surface area contributed by atoms with Gasteiger partial charge in [-0.25, -0.2) is 9.78 Å². The van der Waals surface area contributed by atoms with Gasteiger partial charge in [0, 0.05) is 18.8 Å². The van der Waals surface area contributed by atoms with Crippen LogP contribution in [0.4, 0.5) is 0 Å². The highest BCUT2D eigenvalue weighted by Gasteiger charge is 2.11. The number of aromatic carboxylic acids is 1. The first-order valence-electron chi connectivity index (χ1n) is 6.22. The molecular formula is C14H14N4O2. The molecule has 0 radical (unpaired) electrons. The number of aromatic nitrogens is 4. The normalized spacial score (nSPS) is 11.1. The van der Waals surface area contributed by atoms with E-state index in [2.05, 4.69) is 10.1 Å². The van der Waals surface area contributed by atoms with Crippen LogP contribution in [0.2, 0.25) is 0 Å². The summed E-state index contributed by atoms with van der Waals surface area (Å²) in [5.74, 6) is -0.0786. The number of hydrogen-bond donors (Lipinski definition) is 1. The molecule has 0 amide bonds. The minimum atomic E-state index is -0.932. The Hall–Kier alpha value is -2.63. The zero-order chi connectivity index (χ0) is 14.3. The van der Waals surface area contributed by atoms with Crippen LogP contribution in [-0.4, -0.2) is 30.4 Å². The number of benzene rings is 1. The summed E-state index contributed by atoms with van der Waals surface area (Å²) in [5, 5.41) is 13.2. The molecule has 2 heterocycles. The van der Waals surface area contributed by atoms with Gasteiger partial charge in [-0.2, -0.15) is 5.10 Å². The molecule has 0 saturated heterocycles. The van der Waals surface area contributed by atoms with Crippen molar-refractivity contribution in [2.45, 2.75) is 13.5 Å². The predicted molar refractivity (Wildman–Crippen MR) is 73.7 cm³/mol. The van der Waals surface area contributed by atoms with Crippen molar-refractivity contribution in [2.75, 3.05) is 0 Å². The van der Waals surface area contributed by atoms with Crippen molar-refractivity contribution in [3.05, 3.63) is 47.5 Å². The van der Waals surface area contributed by atoms with E-state index < -0.39 is 5.97 Å². The molecule has 6 nitrogen and oxygen atoms in total. The maximum absolute atomic E-state index is 11.1. The van der Waals surface area contributed by atoms with Gasteiger partial charge in [-0.05, 0) is 25.1 Å². The first kappa shape index (κ1) is 12.4. The lowest BCUT2D eigenvalue weighted by atomic mass is 10.2. The van der Waals surface area contributed by atoms with E-state index in [4.69, 9.17) is 5.11 Å². The highest BCUT2D eigenvalue weighted by Crippen LogP contribution is 2.19. The molecule has 0 atom stereocenters. The monoisotopic (exact) mass is 270 g/mol. The topological polar surface area (TPSA) is 72.9 Å². The zero-order valence-corrected chi connectivity index (χ0v) is 11.2. The van der Waals surface area contributed by atoms with Gasteiger partial charge in [-0.15, -0.1) is 0 Å². The summed E-state index contributed by atoms with van der Waals surface area (Å²) >= 11 is 0. The van der Waals surface area contributed by atoms with Crippen LogP contribution in [0.15, 0.2) is 30.6 Å². The van der Waals surface area contributed by atoms with Crippen molar-refractivity contribution in [3.63, 3.8) is 0 Å². The number of rotatable bonds is 3. The Labute approximate surface area is 115 Å². The van der Waals surface area contributed by atoms with E-state index in [0.717, 1.165) is 22.4 Å². The van der Waals surface area contributed by atoms with E-state index in [1.54, 1.807) is 29.1 Å². The first-order valence-corrected chi connectivity index (χ1v) is 6.22. The van der Waals surface area contributed by atoms with Gasteiger partial charge >= 0.3 is 5.97 Å². The molecule has 0 aliphatic rings. The maximum Gasteiger partial charge on any atom is 0.335 e. The molecular weight excluding hydrogens is 256 g/mol. The number of imidazole rings is 1. The lowest BCUT2D eigenvalue weighted by Crippen LogP contribution is -2.02. The molecule has 0 unspecified atom stereocenters. The van der Waals surface area contributed by atoms with Crippen LogP contribution >= 0.6 is 0 Å². The number of hydrogen-bond acceptors (Lipinski definition) is 3. The summed E-state index contributed by atoms with van der Waals surface area (Å²) in [4.78, 5) is 15.5. The van der Waals surface area contributed by atoms with E-state index in [-0.39, 0.29) is 5.56 Å². The van der Waals surface area contributed by atoms with Crippen molar-refractivity contribution in [1.82, 2.24) is 19.3 Å². The quantitative estimate of drug-likeness (QED) is 0.788. The number of aryl methyl sites for hydroxylation is 2. The van der Waals surface area contributed by atoms with Crippen molar-refractivity contribution in [1.29, 1.82) is 0 Å². The van der Waals surface area contributed by atoms with Gasteiger partial charge in [0.15, 0.2) is 0 Å². The van der Waals surface area contributed by atoms with Crippen LogP contribution in [0.5, 0.6) is 0 Å². The second kappa shape index (κ2) is 4.48. The molecule has 20 heavy (non-hydrogen) atoms. The summed E-state index contributed by atoms with van der Waals surface area (Å²) in [6.07, 6.45) is 3.73. The van der Waals surface area contributed by atoms with Crippen LogP contribution in [0, 0.1) is 6.92 Å². The fourth-order valence-electron chi connectivity index (χ4n) is 2.31. The Morgan fingerprint density at radius 3 is 2.85 bits per heavy atom. The van der Waals surface area contributed by atoms with E-state index in [9.17, 15) is 4.79 Å². The molecule has 0 spiro atoms. The molecule has 0 fully saturated rings. The van der Waals surface area contributed by atoms with Crippen molar-refractivity contribution >= 4 is 17.0 Å². The highest BCUT2D eigenvalue weighted by molar-refractivity contribution is 5.92. The maximum atomic E-state index is 11.1. The molecule has 1 N–H and O–H groups in total. The third kappa shape index (κ3) is 2.05. The lowest BCUT2D eigenvalue weighted by Gasteiger charge is -2.05. The minimum Gasteiger partial charge on any atom is -0.478 e. The molecule has 102 valence electrons. The Kier molecular flexibility index (Phi) is 2.78. The van der Waals surface area contributed by atoms with E-state index in [1.807, 2.05) is 24.7 Å². The zero-order valence-electron chi connectivity index (χ0n) is 11.2. The summed E-state index contributed by atoms with van der Waals surface area (Å²) in [7, 11) is 1.87.